The standard InChI is InChI=1S/C22H20N2O5/c1-13-18(10-15-8-9-16(28-3)11-20(15)23-13)22(27)29-12-21(26)24-19-7-5-4-6-17(19)14(2)25/h4-11H,12H2,1-3H3,(H,24,26). The minimum absolute atomic E-state index is 0.174. The lowest BCUT2D eigenvalue weighted by Gasteiger charge is -2.11. The Kier molecular flexibility index (Phi) is 5.87. The second-order valence-corrected chi connectivity index (χ2v) is 6.41. The van der Waals surface area contributed by atoms with Crippen LogP contribution in [0.1, 0.15) is 33.3 Å². The molecule has 148 valence electrons. The molecule has 3 aromatic rings. The number of rotatable bonds is 6. The third kappa shape index (κ3) is 4.57. The van der Waals surface area contributed by atoms with Gasteiger partial charge in [-0.25, -0.2) is 4.79 Å². The third-order valence-electron chi connectivity index (χ3n) is 4.35. The molecule has 0 radical (unpaired) electrons. The quantitative estimate of drug-likeness (QED) is 0.509. The summed E-state index contributed by atoms with van der Waals surface area (Å²) in [7, 11) is 1.57. The van der Waals surface area contributed by atoms with Crippen molar-refractivity contribution in [1.82, 2.24) is 4.98 Å². The molecule has 1 N–H and O–H groups in total. The fourth-order valence-corrected chi connectivity index (χ4v) is 2.87. The van der Waals surface area contributed by atoms with E-state index in [1.54, 1.807) is 62.6 Å². The van der Waals surface area contributed by atoms with Crippen LogP contribution in [0.2, 0.25) is 0 Å². The Bertz CT molecular complexity index is 1110. The van der Waals surface area contributed by atoms with Crippen molar-refractivity contribution in [2.75, 3.05) is 19.0 Å². The SMILES string of the molecule is COc1ccc2cc(C(=O)OCC(=O)Nc3ccccc3C(C)=O)c(C)nc2c1. The van der Waals surface area contributed by atoms with E-state index >= 15 is 0 Å². The van der Waals surface area contributed by atoms with Gasteiger partial charge < -0.3 is 14.8 Å². The molecular weight excluding hydrogens is 372 g/mol. The van der Waals surface area contributed by atoms with Gasteiger partial charge >= 0.3 is 5.97 Å². The Hall–Kier alpha value is -3.74. The molecule has 0 saturated heterocycles. The number of benzene rings is 2. The fourth-order valence-electron chi connectivity index (χ4n) is 2.87. The molecule has 0 aliphatic heterocycles. The number of hydrogen-bond donors (Lipinski definition) is 1. The monoisotopic (exact) mass is 392 g/mol. The molecule has 0 bridgehead atoms. The lowest BCUT2D eigenvalue weighted by molar-refractivity contribution is -0.119. The number of ether oxygens (including phenoxy) is 2. The predicted molar refractivity (Wildman–Crippen MR) is 108 cm³/mol. The second kappa shape index (κ2) is 8.52. The number of nitrogens with zero attached hydrogens (tertiary/aromatic N) is 1. The van der Waals surface area contributed by atoms with Crippen LogP contribution >= 0.6 is 0 Å². The van der Waals surface area contributed by atoms with E-state index in [4.69, 9.17) is 9.47 Å². The Morgan fingerprint density at radius 2 is 1.79 bits per heavy atom. The first-order valence-corrected chi connectivity index (χ1v) is 8.91. The third-order valence-corrected chi connectivity index (χ3v) is 4.35. The van der Waals surface area contributed by atoms with E-state index in [0.717, 1.165) is 5.39 Å². The highest BCUT2D eigenvalue weighted by Crippen LogP contribution is 2.22. The summed E-state index contributed by atoms with van der Waals surface area (Å²) in [5, 5.41) is 3.34. The van der Waals surface area contributed by atoms with Gasteiger partial charge in [-0.2, -0.15) is 0 Å². The molecule has 0 saturated carbocycles. The first-order chi connectivity index (χ1) is 13.9. The summed E-state index contributed by atoms with van der Waals surface area (Å²) in [6.45, 7) is 2.62. The van der Waals surface area contributed by atoms with Crippen LogP contribution in [-0.2, 0) is 9.53 Å². The number of anilines is 1. The maximum atomic E-state index is 12.4. The molecule has 1 amide bonds. The van der Waals surface area contributed by atoms with Crippen molar-refractivity contribution in [3.8, 4) is 5.75 Å². The number of para-hydroxylation sites is 1. The van der Waals surface area contributed by atoms with Crippen molar-refractivity contribution in [3.05, 3.63) is 65.4 Å². The Morgan fingerprint density at radius 3 is 2.52 bits per heavy atom. The summed E-state index contributed by atoms with van der Waals surface area (Å²) < 4.78 is 10.3. The predicted octanol–water partition coefficient (Wildman–Crippen LogP) is 3.55. The summed E-state index contributed by atoms with van der Waals surface area (Å²) in [5.41, 5.74) is 2.21. The van der Waals surface area contributed by atoms with E-state index in [1.807, 2.05) is 0 Å². The zero-order chi connectivity index (χ0) is 21.0. The number of fused-ring (bicyclic) bond motifs is 1. The van der Waals surface area contributed by atoms with E-state index in [9.17, 15) is 14.4 Å². The van der Waals surface area contributed by atoms with Gasteiger partial charge in [0.2, 0.25) is 0 Å². The van der Waals surface area contributed by atoms with Gasteiger partial charge in [-0.15, -0.1) is 0 Å². The molecule has 0 fully saturated rings. The first-order valence-electron chi connectivity index (χ1n) is 8.91. The fraction of sp³-hybridized carbons (Fsp3) is 0.182. The van der Waals surface area contributed by atoms with E-state index in [0.29, 0.717) is 28.2 Å². The number of methoxy groups -OCH3 is 1. The number of aromatic nitrogens is 1. The van der Waals surface area contributed by atoms with Crippen molar-refractivity contribution in [1.29, 1.82) is 0 Å². The average Bonchev–Trinajstić information content (AvgIpc) is 2.71. The van der Waals surface area contributed by atoms with Crippen LogP contribution < -0.4 is 10.1 Å². The number of hydrogen-bond acceptors (Lipinski definition) is 6. The number of nitrogens with one attached hydrogen (secondary N) is 1. The number of ketones is 1. The summed E-state index contributed by atoms with van der Waals surface area (Å²) in [5.74, 6) is -0.694. The number of carbonyl (C=O) groups is 3. The van der Waals surface area contributed by atoms with Gasteiger partial charge in [0.05, 0.1) is 29.6 Å². The van der Waals surface area contributed by atoms with Crippen molar-refractivity contribution in [3.63, 3.8) is 0 Å². The molecule has 2 aromatic carbocycles. The number of carbonyl (C=O) groups excluding carboxylic acids is 3. The maximum Gasteiger partial charge on any atom is 0.340 e. The van der Waals surface area contributed by atoms with Gasteiger partial charge in [0.1, 0.15) is 5.75 Å². The number of esters is 1. The minimum Gasteiger partial charge on any atom is -0.497 e. The highest BCUT2D eigenvalue weighted by Gasteiger charge is 2.16. The molecule has 0 spiro atoms. The first kappa shape index (κ1) is 20.0. The van der Waals surface area contributed by atoms with Crippen molar-refractivity contribution in [2.24, 2.45) is 0 Å². The lowest BCUT2D eigenvalue weighted by Crippen LogP contribution is -2.22. The van der Waals surface area contributed by atoms with Crippen molar-refractivity contribution < 1.29 is 23.9 Å². The van der Waals surface area contributed by atoms with Crippen molar-refractivity contribution >= 4 is 34.3 Å². The van der Waals surface area contributed by atoms with Crippen LogP contribution in [0.4, 0.5) is 5.69 Å². The molecule has 0 atom stereocenters. The summed E-state index contributed by atoms with van der Waals surface area (Å²) >= 11 is 0. The molecule has 7 nitrogen and oxygen atoms in total. The zero-order valence-electron chi connectivity index (χ0n) is 16.3. The molecule has 0 unspecified atom stereocenters. The average molecular weight is 392 g/mol. The minimum atomic E-state index is -0.650. The molecule has 0 aliphatic rings. The smallest absolute Gasteiger partial charge is 0.340 e. The van der Waals surface area contributed by atoms with Crippen LogP contribution in [-0.4, -0.2) is 36.4 Å². The van der Waals surface area contributed by atoms with Crippen LogP contribution in [0, 0.1) is 6.92 Å². The van der Waals surface area contributed by atoms with Gasteiger partial charge in [-0.3, -0.25) is 14.6 Å². The summed E-state index contributed by atoms with van der Waals surface area (Å²) in [6.07, 6.45) is 0. The lowest BCUT2D eigenvalue weighted by atomic mass is 10.1. The molecule has 0 aliphatic carbocycles. The largest absolute Gasteiger partial charge is 0.497 e. The summed E-state index contributed by atoms with van der Waals surface area (Å²) in [4.78, 5) is 40.6. The van der Waals surface area contributed by atoms with E-state index < -0.39 is 18.5 Å². The van der Waals surface area contributed by atoms with Crippen LogP contribution in [0.3, 0.4) is 0 Å². The number of pyridine rings is 1. The van der Waals surface area contributed by atoms with Crippen molar-refractivity contribution in [2.45, 2.75) is 13.8 Å². The van der Waals surface area contributed by atoms with E-state index in [-0.39, 0.29) is 11.3 Å². The Balaban J connectivity index is 1.70. The Labute approximate surface area is 167 Å². The molecular formula is C22H20N2O5. The topological polar surface area (TPSA) is 94.6 Å². The molecule has 1 aromatic heterocycles. The van der Waals surface area contributed by atoms with Crippen LogP contribution in [0.5, 0.6) is 5.75 Å². The molecule has 1 heterocycles. The van der Waals surface area contributed by atoms with Crippen LogP contribution in [0.15, 0.2) is 48.5 Å². The molecule has 7 heteroatoms. The highest BCUT2D eigenvalue weighted by molar-refractivity contribution is 6.04. The second-order valence-electron chi connectivity index (χ2n) is 6.41. The van der Waals surface area contributed by atoms with Gasteiger partial charge in [-0.05, 0) is 44.2 Å². The van der Waals surface area contributed by atoms with E-state index in [1.165, 1.54) is 6.92 Å². The van der Waals surface area contributed by atoms with Gasteiger partial charge in [0.15, 0.2) is 12.4 Å². The highest BCUT2D eigenvalue weighted by atomic mass is 16.5. The zero-order valence-corrected chi connectivity index (χ0v) is 16.3. The number of Topliss-reactive ketones (excluding diaryl/α,β-unsaturated/α-hetero) is 1. The summed E-state index contributed by atoms with van der Waals surface area (Å²) in [6, 6.07) is 13.6. The van der Waals surface area contributed by atoms with Gasteiger partial charge in [0, 0.05) is 17.0 Å². The van der Waals surface area contributed by atoms with Gasteiger partial charge in [-0.1, -0.05) is 12.1 Å². The maximum absolute atomic E-state index is 12.4. The van der Waals surface area contributed by atoms with Crippen LogP contribution in [0.25, 0.3) is 10.9 Å². The Morgan fingerprint density at radius 1 is 1.03 bits per heavy atom. The number of aryl methyl sites for hydroxylation is 1. The van der Waals surface area contributed by atoms with E-state index in [2.05, 4.69) is 10.3 Å². The molecule has 29 heavy (non-hydrogen) atoms. The molecule has 3 rings (SSSR count). The normalized spacial score (nSPS) is 10.4. The van der Waals surface area contributed by atoms with Gasteiger partial charge in [0.25, 0.3) is 5.91 Å². The number of amides is 1.